The molecule has 1 N–H and O–H groups in total. The van der Waals surface area contributed by atoms with Gasteiger partial charge in [0.2, 0.25) is 11.8 Å². The van der Waals surface area contributed by atoms with Crippen LogP contribution in [0.3, 0.4) is 0 Å². The molecule has 4 aromatic rings. The van der Waals surface area contributed by atoms with Crippen LogP contribution < -0.4 is 10.1 Å². The number of nitrogens with zero attached hydrogens (tertiary/aromatic N) is 7. The van der Waals surface area contributed by atoms with Gasteiger partial charge in [0.15, 0.2) is 5.82 Å². The van der Waals surface area contributed by atoms with Gasteiger partial charge in [0.1, 0.15) is 23.7 Å². The Hall–Kier alpha value is -3.59. The monoisotopic (exact) mass is 541 g/mol. The molecule has 0 aliphatic carbocycles. The van der Waals surface area contributed by atoms with E-state index in [0.717, 1.165) is 10.7 Å². The smallest absolute Gasteiger partial charge is 0.408 e. The highest BCUT2D eigenvalue weighted by molar-refractivity contribution is 5.89. The Morgan fingerprint density at radius 2 is 2.13 bits per heavy atom. The third kappa shape index (κ3) is 4.49. The predicted molar refractivity (Wildman–Crippen MR) is 125 cm³/mol. The molecular weight excluding hydrogens is 515 g/mol. The quantitative estimate of drug-likeness (QED) is 0.373. The van der Waals surface area contributed by atoms with Gasteiger partial charge in [-0.15, -0.1) is 10.2 Å². The second-order valence-corrected chi connectivity index (χ2v) is 9.30. The number of piperidine rings is 1. The minimum Gasteiger partial charge on any atom is -0.479 e. The molecule has 10 nitrogen and oxygen atoms in total. The molecule has 0 radical (unpaired) electrons. The van der Waals surface area contributed by atoms with Crippen molar-refractivity contribution in [3.05, 3.63) is 30.2 Å². The third-order valence-electron chi connectivity index (χ3n) is 6.81. The summed E-state index contributed by atoms with van der Waals surface area (Å²) >= 11 is 0. The Kier molecular flexibility index (Phi) is 5.23. The van der Waals surface area contributed by atoms with E-state index in [2.05, 4.69) is 25.7 Å². The molecule has 1 aromatic carbocycles. The molecule has 2 aliphatic heterocycles. The van der Waals surface area contributed by atoms with Crippen LogP contribution in [-0.2, 0) is 11.3 Å². The number of hydrogen-bond acceptors (Lipinski definition) is 8. The van der Waals surface area contributed by atoms with Gasteiger partial charge in [-0.05, 0) is 24.1 Å². The van der Waals surface area contributed by atoms with E-state index in [1.165, 1.54) is 18.2 Å². The van der Waals surface area contributed by atoms with Gasteiger partial charge in [-0.25, -0.2) is 18.0 Å². The van der Waals surface area contributed by atoms with Gasteiger partial charge in [0.05, 0.1) is 53.7 Å². The number of aromatic nitrogens is 6. The first-order valence-corrected chi connectivity index (χ1v) is 11.8. The van der Waals surface area contributed by atoms with Gasteiger partial charge >= 0.3 is 6.18 Å². The van der Waals surface area contributed by atoms with Gasteiger partial charge in [-0.3, -0.25) is 4.90 Å². The van der Waals surface area contributed by atoms with E-state index < -0.39 is 43.7 Å². The third-order valence-corrected chi connectivity index (χ3v) is 6.81. The van der Waals surface area contributed by atoms with Crippen molar-refractivity contribution in [2.45, 2.75) is 37.4 Å². The van der Waals surface area contributed by atoms with Gasteiger partial charge in [0.25, 0.3) is 0 Å². The average Bonchev–Trinajstić information content (AvgIpc) is 3.37. The van der Waals surface area contributed by atoms with Crippen LogP contribution in [0.4, 0.5) is 27.9 Å². The highest BCUT2D eigenvalue weighted by atomic mass is 19.4. The number of methoxy groups -OCH3 is 1. The molecule has 202 valence electrons. The molecule has 2 aliphatic rings. The van der Waals surface area contributed by atoms with Crippen molar-refractivity contribution in [3.8, 4) is 17.0 Å². The zero-order chi connectivity index (χ0) is 29.1. The molecule has 6 rings (SSSR count). The largest absolute Gasteiger partial charge is 0.479 e. The van der Waals surface area contributed by atoms with E-state index in [9.17, 15) is 13.2 Å². The number of rotatable bonds is 6. The summed E-state index contributed by atoms with van der Waals surface area (Å²) < 4.78 is 104. The summed E-state index contributed by atoms with van der Waals surface area (Å²) in [5.74, 6) is -1.59. The van der Waals surface area contributed by atoms with Crippen molar-refractivity contribution in [1.82, 2.24) is 34.5 Å². The molecule has 0 unspecified atom stereocenters. The molecule has 0 spiro atoms. The second kappa shape index (κ2) is 9.31. The Morgan fingerprint density at radius 3 is 2.84 bits per heavy atom. The lowest BCUT2D eigenvalue weighted by molar-refractivity contribution is -0.142. The van der Waals surface area contributed by atoms with Crippen molar-refractivity contribution in [2.24, 2.45) is 0 Å². The Balaban J connectivity index is 1.37. The molecule has 3 aromatic heterocycles. The molecule has 15 heteroatoms. The van der Waals surface area contributed by atoms with Gasteiger partial charge in [0, 0.05) is 13.1 Å². The minimum atomic E-state index is -4.58. The number of nitrogens with one attached hydrogen (secondary N) is 1. The standard InChI is InChI=1S/C23H23F5N8O2/c1-37-21-20-19(12-2-3-17-18(6-12)36(33-31-17)11-23(26,27)28)15(25)8-35(20)32-22(30-21)29-16-4-5-34(7-14(16)24)13-9-38-10-13/h2-3,6,8,13-14,16H,4-5,7,9-11H2,1H3,(H,29,32)/t14-,16+/m1/s1/i1D3. The number of hydrogen-bond donors (Lipinski definition) is 1. The molecule has 38 heavy (non-hydrogen) atoms. The highest BCUT2D eigenvalue weighted by Crippen LogP contribution is 2.36. The number of benzene rings is 1. The zero-order valence-electron chi connectivity index (χ0n) is 22.6. The lowest BCUT2D eigenvalue weighted by Crippen LogP contribution is -2.57. The number of ether oxygens (including phenoxy) is 2. The maximum absolute atomic E-state index is 15.4. The topological polar surface area (TPSA) is 94.6 Å². The van der Waals surface area contributed by atoms with Gasteiger partial charge in [-0.1, -0.05) is 11.3 Å². The van der Waals surface area contributed by atoms with Crippen molar-refractivity contribution in [2.75, 3.05) is 38.7 Å². The van der Waals surface area contributed by atoms with Crippen molar-refractivity contribution < 1.29 is 35.5 Å². The Morgan fingerprint density at radius 1 is 1.29 bits per heavy atom. The molecule has 2 fully saturated rings. The van der Waals surface area contributed by atoms with Gasteiger partial charge < -0.3 is 14.8 Å². The summed E-state index contributed by atoms with van der Waals surface area (Å²) in [5.41, 5.74) is -0.198. The van der Waals surface area contributed by atoms with E-state index in [-0.39, 0.29) is 46.2 Å². The van der Waals surface area contributed by atoms with Crippen LogP contribution in [0, 0.1) is 5.82 Å². The van der Waals surface area contributed by atoms with Crippen LogP contribution in [0.15, 0.2) is 24.4 Å². The fraction of sp³-hybridized carbons (Fsp3) is 0.478. The van der Waals surface area contributed by atoms with Crippen LogP contribution in [0.2, 0.25) is 0 Å². The highest BCUT2D eigenvalue weighted by Gasteiger charge is 2.36. The Labute approximate surface area is 216 Å². The van der Waals surface area contributed by atoms with Gasteiger partial charge in [-0.2, -0.15) is 18.2 Å². The van der Waals surface area contributed by atoms with E-state index in [4.69, 9.17) is 13.6 Å². The fourth-order valence-electron chi connectivity index (χ4n) is 4.86. The molecule has 5 heterocycles. The van der Waals surface area contributed by atoms with Crippen LogP contribution >= 0.6 is 0 Å². The SMILES string of the molecule is [2H]C([2H])([2H])Oc1nc(N[C@H]2CCN(C3COC3)C[C@H]2F)nn2cc(F)c(-c3ccc4nnn(CC(F)(F)F)c4c3)c12. The Bertz CT molecular complexity index is 1590. The first-order valence-electron chi connectivity index (χ1n) is 13.3. The normalized spacial score (nSPS) is 22.7. The molecular formula is C23H23F5N8O2. The summed E-state index contributed by atoms with van der Waals surface area (Å²) in [5, 5.41) is 14.3. The first-order chi connectivity index (χ1) is 19.3. The minimum absolute atomic E-state index is 0.0233. The molecule has 2 saturated heterocycles. The molecule has 0 amide bonds. The average molecular weight is 541 g/mol. The number of halogens is 5. The maximum atomic E-state index is 15.4. The van der Waals surface area contributed by atoms with Crippen molar-refractivity contribution in [1.29, 1.82) is 0 Å². The number of alkyl halides is 4. The van der Waals surface area contributed by atoms with Crippen LogP contribution in [0.25, 0.3) is 27.7 Å². The number of likely N-dealkylation sites (tertiary alicyclic amines) is 1. The second-order valence-electron chi connectivity index (χ2n) is 9.30. The van der Waals surface area contributed by atoms with Crippen LogP contribution in [-0.4, -0.2) is 92.3 Å². The molecule has 2 atom stereocenters. The predicted octanol–water partition coefficient (Wildman–Crippen LogP) is 3.07. The van der Waals surface area contributed by atoms with Crippen LogP contribution in [0.1, 0.15) is 10.5 Å². The summed E-state index contributed by atoms with van der Waals surface area (Å²) in [7, 11) is -3.00. The van der Waals surface area contributed by atoms with E-state index in [0.29, 0.717) is 30.9 Å². The zero-order valence-corrected chi connectivity index (χ0v) is 19.6. The molecule has 0 saturated carbocycles. The number of anilines is 1. The van der Waals surface area contributed by atoms with E-state index >= 15 is 8.78 Å². The summed E-state index contributed by atoms with van der Waals surface area (Å²) in [4.78, 5) is 6.14. The fourth-order valence-corrected chi connectivity index (χ4v) is 4.86. The summed E-state index contributed by atoms with van der Waals surface area (Å²) in [6, 6.07) is 3.48. The number of fused-ring (bicyclic) bond motifs is 2. The lowest BCUT2D eigenvalue weighted by atomic mass is 10.0. The van der Waals surface area contributed by atoms with E-state index in [1.54, 1.807) is 0 Å². The van der Waals surface area contributed by atoms with E-state index in [1.807, 2.05) is 4.90 Å². The summed E-state index contributed by atoms with van der Waals surface area (Å²) in [6.45, 7) is 0.446. The molecule has 0 bridgehead atoms. The van der Waals surface area contributed by atoms with Crippen molar-refractivity contribution in [3.63, 3.8) is 0 Å². The maximum Gasteiger partial charge on any atom is 0.408 e. The lowest BCUT2D eigenvalue weighted by Gasteiger charge is -2.42. The first kappa shape index (κ1) is 21.4. The summed E-state index contributed by atoms with van der Waals surface area (Å²) in [6.07, 6.45) is -4.52. The van der Waals surface area contributed by atoms with Crippen LogP contribution in [0.5, 0.6) is 5.88 Å². The van der Waals surface area contributed by atoms with Crippen molar-refractivity contribution >= 4 is 22.5 Å².